The molecule has 0 aliphatic rings. The number of benzene rings is 3. The number of hydrogen-bond donors (Lipinski definition) is 1. The number of nitrogens with one attached hydrogen (secondary N) is 1. The molecular weight excluding hydrogens is 468 g/mol. The number of ether oxygens (including phenoxy) is 3. The molecule has 0 saturated carbocycles. The van der Waals surface area contributed by atoms with Crippen molar-refractivity contribution in [3.05, 3.63) is 78.4 Å². The molecule has 9 heteroatoms. The molecule has 0 unspecified atom stereocenters. The highest BCUT2D eigenvalue weighted by atomic mass is 32.2. The molecular formula is C26H30N2O6S. The van der Waals surface area contributed by atoms with E-state index in [1.54, 1.807) is 61.7 Å². The smallest absolute Gasteiger partial charge is 0.264 e. The molecule has 35 heavy (non-hydrogen) atoms. The summed E-state index contributed by atoms with van der Waals surface area (Å²) in [6.07, 6.45) is -0.00827. The van der Waals surface area contributed by atoms with Gasteiger partial charge in [-0.25, -0.2) is 8.42 Å². The van der Waals surface area contributed by atoms with Crippen molar-refractivity contribution in [3.63, 3.8) is 0 Å². The van der Waals surface area contributed by atoms with Gasteiger partial charge in [0.1, 0.15) is 12.3 Å². The maximum absolute atomic E-state index is 13.4. The summed E-state index contributed by atoms with van der Waals surface area (Å²) >= 11 is 0. The first-order valence-electron chi connectivity index (χ1n) is 11.1. The lowest BCUT2D eigenvalue weighted by Crippen LogP contribution is -2.40. The summed E-state index contributed by atoms with van der Waals surface area (Å²) in [6, 6.07) is 19.9. The second-order valence-electron chi connectivity index (χ2n) is 7.95. The Bertz CT molecular complexity index is 1230. The van der Waals surface area contributed by atoms with E-state index in [9.17, 15) is 13.2 Å². The Hall–Kier alpha value is -3.72. The number of sulfonamides is 1. The minimum Gasteiger partial charge on any atom is -0.497 e. The molecule has 0 fully saturated rings. The number of methoxy groups -OCH3 is 2. The minimum absolute atomic E-state index is 0.00827. The van der Waals surface area contributed by atoms with Gasteiger partial charge in [0, 0.05) is 6.54 Å². The van der Waals surface area contributed by atoms with Crippen LogP contribution in [-0.4, -0.2) is 41.2 Å². The topological polar surface area (TPSA) is 94.2 Å². The molecule has 3 rings (SSSR count). The molecule has 0 bridgehead atoms. The van der Waals surface area contributed by atoms with Gasteiger partial charge in [-0.15, -0.1) is 0 Å². The lowest BCUT2D eigenvalue weighted by molar-refractivity contribution is -0.119. The van der Waals surface area contributed by atoms with E-state index in [4.69, 9.17) is 14.2 Å². The van der Waals surface area contributed by atoms with Crippen molar-refractivity contribution in [2.75, 3.05) is 25.1 Å². The van der Waals surface area contributed by atoms with E-state index in [0.717, 1.165) is 9.87 Å². The van der Waals surface area contributed by atoms with Crippen LogP contribution in [-0.2, 0) is 21.4 Å². The Morgan fingerprint density at radius 1 is 0.914 bits per heavy atom. The van der Waals surface area contributed by atoms with E-state index in [1.807, 2.05) is 19.9 Å². The summed E-state index contributed by atoms with van der Waals surface area (Å²) in [5.41, 5.74) is 1.17. The molecule has 3 aromatic rings. The third kappa shape index (κ3) is 6.66. The van der Waals surface area contributed by atoms with Crippen LogP contribution in [0.2, 0.25) is 0 Å². The van der Waals surface area contributed by atoms with Crippen molar-refractivity contribution in [1.82, 2.24) is 5.32 Å². The van der Waals surface area contributed by atoms with Gasteiger partial charge in [-0.2, -0.15) is 0 Å². The first-order valence-corrected chi connectivity index (χ1v) is 12.5. The maximum atomic E-state index is 13.4. The highest BCUT2D eigenvalue weighted by Gasteiger charge is 2.27. The summed E-state index contributed by atoms with van der Waals surface area (Å²) in [7, 11) is -0.952. The quantitative estimate of drug-likeness (QED) is 0.429. The second kappa shape index (κ2) is 11.6. The molecule has 0 radical (unpaired) electrons. The zero-order valence-corrected chi connectivity index (χ0v) is 21.0. The lowest BCUT2D eigenvalue weighted by Gasteiger charge is -2.24. The number of carbonyl (C=O) groups is 1. The van der Waals surface area contributed by atoms with Crippen LogP contribution >= 0.6 is 0 Å². The molecule has 0 heterocycles. The molecule has 1 amide bonds. The summed E-state index contributed by atoms with van der Waals surface area (Å²) in [5, 5.41) is 2.79. The zero-order valence-electron chi connectivity index (χ0n) is 20.2. The molecule has 0 spiro atoms. The van der Waals surface area contributed by atoms with Crippen molar-refractivity contribution in [2.45, 2.75) is 31.4 Å². The van der Waals surface area contributed by atoms with Crippen LogP contribution in [0.15, 0.2) is 77.7 Å². The molecule has 186 valence electrons. The van der Waals surface area contributed by atoms with Crippen LogP contribution in [0.4, 0.5) is 5.69 Å². The highest BCUT2D eigenvalue weighted by Crippen LogP contribution is 2.29. The maximum Gasteiger partial charge on any atom is 0.264 e. The zero-order chi connectivity index (χ0) is 25.4. The largest absolute Gasteiger partial charge is 0.497 e. The Morgan fingerprint density at radius 2 is 1.60 bits per heavy atom. The molecule has 8 nitrogen and oxygen atoms in total. The predicted octanol–water partition coefficient (Wildman–Crippen LogP) is 4.00. The van der Waals surface area contributed by atoms with Crippen molar-refractivity contribution < 1.29 is 27.4 Å². The predicted molar refractivity (Wildman–Crippen MR) is 135 cm³/mol. The van der Waals surface area contributed by atoms with E-state index in [-0.39, 0.29) is 24.1 Å². The van der Waals surface area contributed by atoms with Crippen LogP contribution in [0.1, 0.15) is 19.4 Å². The SMILES string of the molecule is COc1ccc(S(=O)(=O)N(CC(=O)NCc2ccc(OC(C)C)c(OC)c2)c2ccccc2)cc1. The molecule has 0 aliphatic heterocycles. The molecule has 0 aromatic heterocycles. The van der Waals surface area contributed by atoms with Gasteiger partial charge in [-0.05, 0) is 67.9 Å². The average Bonchev–Trinajstić information content (AvgIpc) is 2.86. The molecule has 0 saturated heterocycles. The van der Waals surface area contributed by atoms with Gasteiger partial charge in [0.2, 0.25) is 5.91 Å². The highest BCUT2D eigenvalue weighted by molar-refractivity contribution is 7.92. The Balaban J connectivity index is 1.78. The van der Waals surface area contributed by atoms with Crippen molar-refractivity contribution in [1.29, 1.82) is 0 Å². The summed E-state index contributed by atoms with van der Waals surface area (Å²) in [4.78, 5) is 12.9. The third-order valence-electron chi connectivity index (χ3n) is 5.06. The van der Waals surface area contributed by atoms with Gasteiger partial charge in [0.15, 0.2) is 11.5 Å². The van der Waals surface area contributed by atoms with Crippen molar-refractivity contribution >= 4 is 21.6 Å². The van der Waals surface area contributed by atoms with Gasteiger partial charge in [-0.3, -0.25) is 9.10 Å². The number of para-hydroxylation sites is 1. The van der Waals surface area contributed by atoms with Gasteiger partial charge in [0.05, 0.1) is 30.9 Å². The Labute approximate surface area is 206 Å². The number of anilines is 1. The third-order valence-corrected chi connectivity index (χ3v) is 6.85. The normalized spacial score (nSPS) is 11.1. The summed E-state index contributed by atoms with van der Waals surface area (Å²) in [6.45, 7) is 3.66. The Kier molecular flexibility index (Phi) is 8.59. The average molecular weight is 499 g/mol. The fourth-order valence-electron chi connectivity index (χ4n) is 3.34. The number of carbonyl (C=O) groups excluding carboxylic acids is 1. The molecule has 1 N–H and O–H groups in total. The number of rotatable bonds is 11. The monoisotopic (exact) mass is 498 g/mol. The number of nitrogens with zero attached hydrogens (tertiary/aromatic N) is 1. The van der Waals surface area contributed by atoms with Gasteiger partial charge >= 0.3 is 0 Å². The first-order chi connectivity index (χ1) is 16.7. The van der Waals surface area contributed by atoms with Crippen molar-refractivity contribution in [3.8, 4) is 17.2 Å². The standard InChI is InChI=1S/C26H30N2O6S/c1-19(2)34-24-15-10-20(16-25(24)33-4)17-27-26(29)18-28(21-8-6-5-7-9-21)35(30,31)23-13-11-22(32-3)12-14-23/h5-16,19H,17-18H2,1-4H3,(H,27,29). The Morgan fingerprint density at radius 3 is 2.20 bits per heavy atom. The van der Waals surface area contributed by atoms with E-state index in [0.29, 0.717) is 22.9 Å². The van der Waals surface area contributed by atoms with E-state index < -0.39 is 15.9 Å². The molecule has 3 aromatic carbocycles. The van der Waals surface area contributed by atoms with Crippen LogP contribution in [0.5, 0.6) is 17.2 Å². The van der Waals surface area contributed by atoms with Crippen LogP contribution in [0.3, 0.4) is 0 Å². The number of amides is 1. The minimum atomic E-state index is -4.00. The van der Waals surface area contributed by atoms with Crippen molar-refractivity contribution in [2.24, 2.45) is 0 Å². The van der Waals surface area contributed by atoms with Crippen LogP contribution < -0.4 is 23.8 Å². The van der Waals surface area contributed by atoms with Crippen LogP contribution in [0.25, 0.3) is 0 Å². The fourth-order valence-corrected chi connectivity index (χ4v) is 4.77. The molecule has 0 atom stereocenters. The van der Waals surface area contributed by atoms with Gasteiger partial charge in [0.25, 0.3) is 10.0 Å². The summed E-state index contributed by atoms with van der Waals surface area (Å²) in [5.74, 6) is 1.25. The van der Waals surface area contributed by atoms with Gasteiger partial charge in [-0.1, -0.05) is 24.3 Å². The van der Waals surface area contributed by atoms with E-state index in [1.165, 1.54) is 19.2 Å². The van der Waals surface area contributed by atoms with Gasteiger partial charge < -0.3 is 19.5 Å². The summed E-state index contributed by atoms with van der Waals surface area (Å²) < 4.78 is 44.2. The van der Waals surface area contributed by atoms with E-state index >= 15 is 0 Å². The van der Waals surface area contributed by atoms with Crippen LogP contribution in [0, 0.1) is 0 Å². The van der Waals surface area contributed by atoms with E-state index in [2.05, 4.69) is 5.32 Å². The molecule has 0 aliphatic carbocycles. The fraction of sp³-hybridized carbons (Fsp3) is 0.269. The lowest BCUT2D eigenvalue weighted by atomic mass is 10.2. The second-order valence-corrected chi connectivity index (χ2v) is 9.81. The first kappa shape index (κ1) is 25.9. The number of hydrogen-bond acceptors (Lipinski definition) is 6.